The number of carboxylic acid groups (broad SMARTS) is 1. The summed E-state index contributed by atoms with van der Waals surface area (Å²) < 4.78 is 17.4. The van der Waals surface area contributed by atoms with E-state index in [-0.39, 0.29) is 5.56 Å². The third kappa shape index (κ3) is 3.74. The Bertz CT molecular complexity index is 544. The fourth-order valence-corrected chi connectivity index (χ4v) is 2.09. The number of hydrogen-bond acceptors (Lipinski definition) is 5. The summed E-state index contributed by atoms with van der Waals surface area (Å²) in [6.45, 7) is 1.19. The van der Waals surface area contributed by atoms with E-state index in [4.69, 9.17) is 0 Å². The third-order valence-electron chi connectivity index (χ3n) is 3.19. The molecule has 0 amide bonds. The van der Waals surface area contributed by atoms with Crippen LogP contribution in [0.2, 0.25) is 0 Å². The van der Waals surface area contributed by atoms with Gasteiger partial charge in [0.25, 0.3) is 0 Å². The summed E-state index contributed by atoms with van der Waals surface area (Å²) >= 11 is 0. The summed E-state index contributed by atoms with van der Waals surface area (Å²) in [7, 11) is 0.997. The lowest BCUT2D eigenvalue weighted by molar-refractivity contribution is -0.523. The number of rotatable bonds is 6. The molecule has 1 N–H and O–H groups in total. The summed E-state index contributed by atoms with van der Waals surface area (Å²) in [6, 6.07) is 3.17. The normalized spacial score (nSPS) is 14.8. The molecule has 3 unspecified atom stereocenters. The summed E-state index contributed by atoms with van der Waals surface area (Å²) in [4.78, 5) is 33.3. The quantitative estimate of drug-likeness (QED) is 0.369. The number of nitrogens with zero attached hydrogens (tertiary/aromatic N) is 1. The van der Waals surface area contributed by atoms with Crippen LogP contribution in [-0.2, 0) is 14.3 Å². The van der Waals surface area contributed by atoms with E-state index in [1.165, 1.54) is 19.1 Å². The molecule has 1 rings (SSSR count). The molecule has 0 radical (unpaired) electrons. The fourth-order valence-electron chi connectivity index (χ4n) is 2.09. The number of benzene rings is 1. The molecule has 0 saturated heterocycles. The van der Waals surface area contributed by atoms with Crippen LogP contribution in [0.4, 0.5) is 4.39 Å². The van der Waals surface area contributed by atoms with Crippen molar-refractivity contribution in [3.63, 3.8) is 0 Å². The van der Waals surface area contributed by atoms with Crippen molar-refractivity contribution in [2.45, 2.75) is 18.9 Å². The minimum absolute atomic E-state index is 0.179. The van der Waals surface area contributed by atoms with Gasteiger partial charge in [-0.15, -0.1) is 0 Å². The number of carbonyl (C=O) groups excluding carboxylic acids is 1. The largest absolute Gasteiger partial charge is 0.481 e. The van der Waals surface area contributed by atoms with E-state index in [2.05, 4.69) is 4.74 Å². The van der Waals surface area contributed by atoms with Gasteiger partial charge in [0.05, 0.1) is 13.0 Å². The number of aliphatic carboxylic acids is 1. The van der Waals surface area contributed by atoms with E-state index < -0.39 is 40.6 Å². The van der Waals surface area contributed by atoms with Crippen LogP contribution in [0, 0.1) is 21.8 Å². The van der Waals surface area contributed by atoms with E-state index in [1.807, 2.05) is 0 Å². The number of hydrogen-bond donors (Lipinski definition) is 1. The molecule has 7 nitrogen and oxygen atoms in total. The average molecular weight is 299 g/mol. The zero-order chi connectivity index (χ0) is 16.2. The van der Waals surface area contributed by atoms with E-state index in [0.717, 1.165) is 19.2 Å². The summed E-state index contributed by atoms with van der Waals surface area (Å²) in [6.07, 6.45) is 0. The summed E-state index contributed by atoms with van der Waals surface area (Å²) in [5.74, 6) is -6.22. The summed E-state index contributed by atoms with van der Waals surface area (Å²) in [5.41, 5.74) is 0.179. The van der Waals surface area contributed by atoms with Crippen LogP contribution in [0.5, 0.6) is 0 Å². The first-order valence-electron chi connectivity index (χ1n) is 5.99. The lowest BCUT2D eigenvalue weighted by atomic mass is 9.81. The van der Waals surface area contributed by atoms with Gasteiger partial charge >= 0.3 is 11.9 Å². The van der Waals surface area contributed by atoms with Crippen molar-refractivity contribution in [2.75, 3.05) is 7.11 Å². The number of ether oxygens (including phenoxy) is 1. The molecule has 3 atom stereocenters. The van der Waals surface area contributed by atoms with Crippen molar-refractivity contribution >= 4 is 11.9 Å². The van der Waals surface area contributed by atoms with Crippen molar-refractivity contribution in [2.24, 2.45) is 5.92 Å². The van der Waals surface area contributed by atoms with Crippen LogP contribution < -0.4 is 0 Å². The Kier molecular flexibility index (Phi) is 5.34. The van der Waals surface area contributed by atoms with Gasteiger partial charge in [0.2, 0.25) is 6.04 Å². The standard InChI is InChI=1S/C13H14FNO6/c1-7(15(19)20)10(8-3-5-9(14)6-4-8)11(12(16)17)13(18)21-2/h3-7,10-11H,1-2H3,(H,16,17). The molecule has 0 aliphatic heterocycles. The van der Waals surface area contributed by atoms with Crippen LogP contribution in [0.3, 0.4) is 0 Å². The van der Waals surface area contributed by atoms with Gasteiger partial charge in [0, 0.05) is 11.8 Å². The lowest BCUT2D eigenvalue weighted by Gasteiger charge is -2.23. The Morgan fingerprint density at radius 1 is 1.33 bits per heavy atom. The highest BCUT2D eigenvalue weighted by atomic mass is 19.1. The van der Waals surface area contributed by atoms with Crippen LogP contribution in [0.25, 0.3) is 0 Å². The van der Waals surface area contributed by atoms with E-state index in [0.29, 0.717) is 0 Å². The van der Waals surface area contributed by atoms with Gasteiger partial charge in [-0.25, -0.2) is 4.39 Å². The molecule has 0 aliphatic rings. The highest BCUT2D eigenvalue weighted by Gasteiger charge is 2.44. The fraction of sp³-hybridized carbons (Fsp3) is 0.385. The first kappa shape index (κ1) is 16.5. The monoisotopic (exact) mass is 299 g/mol. The van der Waals surface area contributed by atoms with Crippen LogP contribution in [0.15, 0.2) is 24.3 Å². The van der Waals surface area contributed by atoms with Gasteiger partial charge in [-0.1, -0.05) is 12.1 Å². The lowest BCUT2D eigenvalue weighted by Crippen LogP contribution is -2.39. The maximum absolute atomic E-state index is 13.0. The highest BCUT2D eigenvalue weighted by Crippen LogP contribution is 2.31. The summed E-state index contributed by atoms with van der Waals surface area (Å²) in [5, 5.41) is 20.2. The molecule has 1 aromatic rings. The average Bonchev–Trinajstić information content (AvgIpc) is 2.43. The minimum Gasteiger partial charge on any atom is -0.481 e. The van der Waals surface area contributed by atoms with E-state index in [1.54, 1.807) is 0 Å². The predicted octanol–water partition coefficient (Wildman–Crippen LogP) is 1.45. The van der Waals surface area contributed by atoms with Crippen LogP contribution in [0.1, 0.15) is 18.4 Å². The molecular weight excluding hydrogens is 285 g/mol. The molecule has 0 aliphatic carbocycles. The molecule has 21 heavy (non-hydrogen) atoms. The zero-order valence-electron chi connectivity index (χ0n) is 11.4. The van der Waals surface area contributed by atoms with Crippen molar-refractivity contribution in [1.29, 1.82) is 0 Å². The Labute approximate surface area is 119 Å². The third-order valence-corrected chi connectivity index (χ3v) is 3.19. The first-order chi connectivity index (χ1) is 9.79. The van der Waals surface area contributed by atoms with Crippen molar-refractivity contribution < 1.29 is 28.7 Å². The molecule has 0 spiro atoms. The second kappa shape index (κ2) is 6.78. The Morgan fingerprint density at radius 2 is 1.86 bits per heavy atom. The Balaban J connectivity index is 3.35. The molecule has 0 fully saturated rings. The molecule has 0 bridgehead atoms. The zero-order valence-corrected chi connectivity index (χ0v) is 11.4. The Hall–Kier alpha value is -2.51. The second-order valence-electron chi connectivity index (χ2n) is 4.44. The Morgan fingerprint density at radius 3 is 2.24 bits per heavy atom. The minimum atomic E-state index is -1.75. The number of methoxy groups -OCH3 is 1. The number of carbonyl (C=O) groups is 2. The van der Waals surface area contributed by atoms with Gasteiger partial charge in [-0.2, -0.15) is 0 Å². The number of halogens is 1. The molecule has 0 heterocycles. The molecule has 0 saturated carbocycles. The number of nitro groups is 1. The maximum atomic E-state index is 13.0. The van der Waals surface area contributed by atoms with E-state index in [9.17, 15) is 29.2 Å². The molecule has 0 aromatic heterocycles. The molecular formula is C13H14FNO6. The van der Waals surface area contributed by atoms with Crippen LogP contribution >= 0.6 is 0 Å². The van der Waals surface area contributed by atoms with Gasteiger partial charge < -0.3 is 9.84 Å². The highest BCUT2D eigenvalue weighted by molar-refractivity contribution is 5.95. The van der Waals surface area contributed by atoms with E-state index >= 15 is 0 Å². The topological polar surface area (TPSA) is 107 Å². The predicted molar refractivity (Wildman–Crippen MR) is 68.7 cm³/mol. The maximum Gasteiger partial charge on any atom is 0.320 e. The first-order valence-corrected chi connectivity index (χ1v) is 5.99. The van der Waals surface area contributed by atoms with Gasteiger partial charge in [-0.3, -0.25) is 19.7 Å². The SMILES string of the molecule is COC(=O)C(C(=O)O)C(c1ccc(F)cc1)C(C)[N+](=O)[O-]. The van der Waals surface area contributed by atoms with Crippen molar-refractivity contribution in [3.05, 3.63) is 45.8 Å². The smallest absolute Gasteiger partial charge is 0.320 e. The number of esters is 1. The van der Waals surface area contributed by atoms with Crippen LogP contribution in [-0.4, -0.2) is 35.1 Å². The van der Waals surface area contributed by atoms with Gasteiger partial charge in [0.1, 0.15) is 5.82 Å². The second-order valence-corrected chi connectivity index (χ2v) is 4.44. The van der Waals surface area contributed by atoms with Gasteiger partial charge in [-0.05, 0) is 17.7 Å². The van der Waals surface area contributed by atoms with Gasteiger partial charge in [0.15, 0.2) is 5.92 Å². The van der Waals surface area contributed by atoms with Crippen molar-refractivity contribution in [1.82, 2.24) is 0 Å². The van der Waals surface area contributed by atoms with Crippen molar-refractivity contribution in [3.8, 4) is 0 Å². The molecule has 1 aromatic carbocycles. The number of carboxylic acids is 1. The molecule has 114 valence electrons. The molecule has 8 heteroatoms.